The Kier molecular flexibility index (Phi) is 4.19. The van der Waals surface area contributed by atoms with Gasteiger partial charge in [-0.15, -0.1) is 0 Å². The summed E-state index contributed by atoms with van der Waals surface area (Å²) in [7, 11) is 0. The van der Waals surface area contributed by atoms with Crippen molar-refractivity contribution in [3.8, 4) is 0 Å². The zero-order valence-electron chi connectivity index (χ0n) is 11.5. The van der Waals surface area contributed by atoms with E-state index in [4.69, 9.17) is 0 Å². The van der Waals surface area contributed by atoms with Gasteiger partial charge in [-0.3, -0.25) is 0 Å². The normalized spacial score (nSPS) is 15.5. The lowest BCUT2D eigenvalue weighted by Gasteiger charge is -2.05. The summed E-state index contributed by atoms with van der Waals surface area (Å²) in [5.41, 5.74) is 3.72. The molecule has 0 fully saturated rings. The van der Waals surface area contributed by atoms with Crippen molar-refractivity contribution in [3.63, 3.8) is 0 Å². The molecular weight excluding hydrogens is 246 g/mol. The molecule has 0 aliphatic carbocycles. The first kappa shape index (κ1) is 13.0. The lowest BCUT2D eigenvalue weighted by molar-refractivity contribution is 0.722. The molecule has 1 aliphatic rings. The lowest BCUT2D eigenvalue weighted by atomic mass is 10.1. The van der Waals surface area contributed by atoms with E-state index in [-0.39, 0.29) is 0 Å². The van der Waals surface area contributed by atoms with Gasteiger partial charge in [0.15, 0.2) is 5.82 Å². The van der Waals surface area contributed by atoms with Crippen molar-refractivity contribution in [1.82, 2.24) is 15.3 Å². The molecule has 3 nitrogen and oxygen atoms in total. The minimum Gasteiger partial charge on any atom is -0.313 e. The van der Waals surface area contributed by atoms with Crippen molar-refractivity contribution in [2.45, 2.75) is 19.3 Å². The molecule has 0 saturated carbocycles. The Morgan fingerprint density at radius 2 is 1.80 bits per heavy atom. The van der Waals surface area contributed by atoms with Crippen molar-refractivity contribution in [1.29, 1.82) is 0 Å². The Morgan fingerprint density at radius 3 is 2.60 bits per heavy atom. The molecule has 102 valence electrons. The first-order valence-electron chi connectivity index (χ1n) is 7.17. The zero-order chi connectivity index (χ0) is 13.6. The minimum absolute atomic E-state index is 0.880. The van der Waals surface area contributed by atoms with Crippen LogP contribution in [0.15, 0.2) is 48.8 Å². The third kappa shape index (κ3) is 3.31. The maximum Gasteiger partial charge on any atom is 0.154 e. The van der Waals surface area contributed by atoms with Crippen LogP contribution in [0, 0.1) is 0 Å². The van der Waals surface area contributed by atoms with Crippen molar-refractivity contribution >= 4 is 5.57 Å². The highest BCUT2D eigenvalue weighted by Gasteiger charge is 2.07. The molecule has 1 aliphatic heterocycles. The van der Waals surface area contributed by atoms with Crippen LogP contribution in [0.2, 0.25) is 0 Å². The Hall–Kier alpha value is -2.00. The van der Waals surface area contributed by atoms with Gasteiger partial charge in [0, 0.05) is 25.4 Å². The van der Waals surface area contributed by atoms with Crippen molar-refractivity contribution in [2.24, 2.45) is 0 Å². The summed E-state index contributed by atoms with van der Waals surface area (Å²) in [6.45, 7) is 2.00. The van der Waals surface area contributed by atoms with Gasteiger partial charge < -0.3 is 5.32 Å². The van der Waals surface area contributed by atoms with Crippen LogP contribution in [-0.2, 0) is 6.42 Å². The third-order valence-corrected chi connectivity index (χ3v) is 3.54. The van der Waals surface area contributed by atoms with Crippen molar-refractivity contribution in [2.75, 3.05) is 13.1 Å². The number of nitrogens with one attached hydrogen (secondary N) is 1. The molecule has 0 bridgehead atoms. The average Bonchev–Trinajstić information content (AvgIpc) is 2.78. The number of hydrogen-bond acceptors (Lipinski definition) is 3. The second-order valence-electron chi connectivity index (χ2n) is 5.11. The highest BCUT2D eigenvalue weighted by molar-refractivity contribution is 5.60. The Labute approximate surface area is 119 Å². The maximum atomic E-state index is 4.53. The summed E-state index contributed by atoms with van der Waals surface area (Å²) in [6, 6.07) is 10.4. The van der Waals surface area contributed by atoms with E-state index in [0.717, 1.165) is 43.7 Å². The van der Waals surface area contributed by atoms with Gasteiger partial charge in [-0.2, -0.15) is 0 Å². The smallest absolute Gasteiger partial charge is 0.154 e. The van der Waals surface area contributed by atoms with Crippen LogP contribution in [0.3, 0.4) is 0 Å². The summed E-state index contributed by atoms with van der Waals surface area (Å²) in [5.74, 6) is 0.880. The van der Waals surface area contributed by atoms with Crippen LogP contribution in [0.4, 0.5) is 0 Å². The first-order valence-corrected chi connectivity index (χ1v) is 7.17. The second-order valence-corrected chi connectivity index (χ2v) is 5.11. The maximum absolute atomic E-state index is 4.53. The lowest BCUT2D eigenvalue weighted by Crippen LogP contribution is -2.12. The van der Waals surface area contributed by atoms with E-state index in [2.05, 4.69) is 45.6 Å². The fourth-order valence-electron chi connectivity index (χ4n) is 2.45. The van der Waals surface area contributed by atoms with E-state index in [0.29, 0.717) is 0 Å². The molecule has 2 heterocycles. The third-order valence-electron chi connectivity index (χ3n) is 3.54. The van der Waals surface area contributed by atoms with Gasteiger partial charge in [-0.1, -0.05) is 36.4 Å². The topological polar surface area (TPSA) is 37.8 Å². The molecule has 0 amide bonds. The molecular formula is C17H19N3. The SMILES string of the molecule is C1=C(c2ncc(Cc3ccccc3)cn2)CCCNC1. The molecule has 0 unspecified atom stereocenters. The van der Waals surface area contributed by atoms with Gasteiger partial charge in [-0.25, -0.2) is 9.97 Å². The zero-order valence-corrected chi connectivity index (χ0v) is 11.5. The molecule has 0 spiro atoms. The fourth-order valence-corrected chi connectivity index (χ4v) is 2.45. The van der Waals surface area contributed by atoms with Crippen LogP contribution in [-0.4, -0.2) is 23.1 Å². The van der Waals surface area contributed by atoms with Crippen LogP contribution < -0.4 is 5.32 Å². The van der Waals surface area contributed by atoms with Gasteiger partial charge >= 0.3 is 0 Å². The summed E-state index contributed by atoms with van der Waals surface area (Å²) in [6.07, 6.45) is 9.22. The number of benzene rings is 1. The quantitative estimate of drug-likeness (QED) is 0.927. The fraction of sp³-hybridized carbons (Fsp3) is 0.294. The largest absolute Gasteiger partial charge is 0.313 e. The van der Waals surface area contributed by atoms with E-state index in [1.165, 1.54) is 11.1 Å². The van der Waals surface area contributed by atoms with Crippen LogP contribution in [0.1, 0.15) is 29.8 Å². The molecule has 1 aromatic carbocycles. The van der Waals surface area contributed by atoms with E-state index in [1.54, 1.807) is 0 Å². The van der Waals surface area contributed by atoms with Crippen LogP contribution >= 0.6 is 0 Å². The van der Waals surface area contributed by atoms with Crippen LogP contribution in [0.25, 0.3) is 5.57 Å². The van der Waals surface area contributed by atoms with E-state index >= 15 is 0 Å². The molecule has 1 N–H and O–H groups in total. The minimum atomic E-state index is 0.880. The van der Waals surface area contributed by atoms with E-state index in [1.807, 2.05) is 18.5 Å². The second kappa shape index (κ2) is 6.44. The monoisotopic (exact) mass is 265 g/mol. The van der Waals surface area contributed by atoms with Crippen molar-refractivity contribution < 1.29 is 0 Å². The molecule has 1 aromatic heterocycles. The van der Waals surface area contributed by atoms with Gasteiger partial charge in [0.25, 0.3) is 0 Å². The van der Waals surface area contributed by atoms with Gasteiger partial charge in [0.2, 0.25) is 0 Å². The predicted molar refractivity (Wildman–Crippen MR) is 81.4 cm³/mol. The summed E-state index contributed by atoms with van der Waals surface area (Å²) >= 11 is 0. The van der Waals surface area contributed by atoms with E-state index < -0.39 is 0 Å². The van der Waals surface area contributed by atoms with Gasteiger partial charge in [-0.05, 0) is 36.1 Å². The number of aromatic nitrogens is 2. The molecule has 0 saturated heterocycles. The van der Waals surface area contributed by atoms with Gasteiger partial charge in [0.1, 0.15) is 0 Å². The van der Waals surface area contributed by atoms with Crippen LogP contribution in [0.5, 0.6) is 0 Å². The standard InChI is InChI=1S/C17H19N3/c1-2-5-14(6-3-1)11-15-12-19-17(20-13-15)16-7-4-9-18-10-8-16/h1-3,5-6,8,12-13,18H,4,7,9-11H2. The molecule has 20 heavy (non-hydrogen) atoms. The van der Waals surface area contributed by atoms with Crippen molar-refractivity contribution in [3.05, 3.63) is 65.8 Å². The number of allylic oxidation sites excluding steroid dienone is 1. The molecule has 0 radical (unpaired) electrons. The Morgan fingerprint density at radius 1 is 1.00 bits per heavy atom. The first-order chi connectivity index (χ1) is 9.92. The summed E-state index contributed by atoms with van der Waals surface area (Å²) < 4.78 is 0. The molecule has 0 atom stereocenters. The predicted octanol–water partition coefficient (Wildman–Crippen LogP) is 2.83. The number of rotatable bonds is 3. The average molecular weight is 265 g/mol. The Balaban J connectivity index is 1.72. The Bertz CT molecular complexity index is 573. The number of nitrogens with zero attached hydrogens (tertiary/aromatic N) is 2. The van der Waals surface area contributed by atoms with Gasteiger partial charge in [0.05, 0.1) is 0 Å². The molecule has 3 rings (SSSR count). The summed E-state index contributed by atoms with van der Waals surface area (Å²) in [5, 5.41) is 3.36. The van der Waals surface area contributed by atoms with E-state index in [9.17, 15) is 0 Å². The molecule has 2 aromatic rings. The highest BCUT2D eigenvalue weighted by atomic mass is 14.9. The summed E-state index contributed by atoms with van der Waals surface area (Å²) in [4.78, 5) is 9.07. The highest BCUT2D eigenvalue weighted by Crippen LogP contribution is 2.17. The molecule has 3 heteroatoms. The number of hydrogen-bond donors (Lipinski definition) is 1.